The molecule has 4 nitrogen and oxygen atoms in total. The van der Waals surface area contributed by atoms with E-state index in [0.29, 0.717) is 29.4 Å². The van der Waals surface area contributed by atoms with Gasteiger partial charge in [-0.15, -0.1) is 0 Å². The van der Waals surface area contributed by atoms with Crippen molar-refractivity contribution in [3.05, 3.63) is 63.6 Å². The van der Waals surface area contributed by atoms with Crippen molar-refractivity contribution in [3.8, 4) is 5.75 Å². The Labute approximate surface area is 157 Å². The summed E-state index contributed by atoms with van der Waals surface area (Å²) in [6, 6.07) is 12.8. The zero-order valence-corrected chi connectivity index (χ0v) is 15.5. The Bertz CT molecular complexity index is 722. The number of amides is 1. The summed E-state index contributed by atoms with van der Waals surface area (Å²) in [4.78, 5) is 12.5. The summed E-state index contributed by atoms with van der Waals surface area (Å²) in [7, 11) is 1.60. The minimum Gasteiger partial charge on any atom is -0.497 e. The maximum absolute atomic E-state index is 12.5. The molecule has 0 aliphatic heterocycles. The maximum atomic E-state index is 12.5. The molecule has 2 rings (SSSR count). The zero-order valence-electron chi connectivity index (χ0n) is 14.0. The molecule has 0 aliphatic rings. The summed E-state index contributed by atoms with van der Waals surface area (Å²) in [6.07, 6.45) is 0.867. The Morgan fingerprint density at radius 2 is 1.96 bits per heavy atom. The molecule has 0 radical (unpaired) electrons. The molecule has 25 heavy (non-hydrogen) atoms. The molecule has 0 spiro atoms. The Morgan fingerprint density at radius 1 is 1.16 bits per heavy atom. The predicted molar refractivity (Wildman–Crippen MR) is 100 cm³/mol. The van der Waals surface area contributed by atoms with E-state index in [9.17, 15) is 9.90 Å². The largest absolute Gasteiger partial charge is 0.497 e. The molecule has 0 saturated carbocycles. The highest BCUT2D eigenvalue weighted by Gasteiger charge is 2.19. The van der Waals surface area contributed by atoms with Crippen LogP contribution in [-0.4, -0.2) is 24.7 Å². The van der Waals surface area contributed by atoms with E-state index in [2.05, 4.69) is 5.32 Å². The third-order valence-corrected chi connectivity index (χ3v) is 4.65. The summed E-state index contributed by atoms with van der Waals surface area (Å²) in [5.74, 6) is 0.297. The first-order valence-electron chi connectivity index (χ1n) is 7.99. The molecule has 0 aromatic heterocycles. The average molecular weight is 382 g/mol. The van der Waals surface area contributed by atoms with Crippen molar-refractivity contribution in [2.45, 2.75) is 19.4 Å². The van der Waals surface area contributed by atoms with Crippen molar-refractivity contribution in [2.24, 2.45) is 5.92 Å². The fourth-order valence-corrected chi connectivity index (χ4v) is 2.87. The molecule has 6 heteroatoms. The number of ether oxygens (including phenoxy) is 1. The molecular weight excluding hydrogens is 361 g/mol. The Balaban J connectivity index is 2.00. The topological polar surface area (TPSA) is 58.6 Å². The molecule has 0 fully saturated rings. The molecule has 0 saturated heterocycles. The number of carbonyl (C=O) groups is 1. The van der Waals surface area contributed by atoms with Crippen LogP contribution in [0.15, 0.2) is 42.5 Å². The number of halogens is 2. The van der Waals surface area contributed by atoms with Crippen molar-refractivity contribution < 1.29 is 14.6 Å². The lowest BCUT2D eigenvalue weighted by atomic mass is 9.95. The van der Waals surface area contributed by atoms with Gasteiger partial charge in [-0.2, -0.15) is 0 Å². The van der Waals surface area contributed by atoms with Gasteiger partial charge in [-0.1, -0.05) is 41.4 Å². The van der Waals surface area contributed by atoms with E-state index in [1.165, 1.54) is 0 Å². The zero-order chi connectivity index (χ0) is 18.2. The van der Waals surface area contributed by atoms with Crippen LogP contribution >= 0.6 is 23.2 Å². The van der Waals surface area contributed by atoms with Gasteiger partial charge >= 0.3 is 0 Å². The first-order chi connectivity index (χ1) is 12.0. The number of hydrogen-bond acceptors (Lipinski definition) is 3. The predicted octanol–water partition coefficient (Wildman–Crippen LogP) is 3.86. The van der Waals surface area contributed by atoms with Crippen LogP contribution in [-0.2, 0) is 17.8 Å². The number of aliphatic hydroxyl groups is 1. The minimum atomic E-state index is -0.340. The summed E-state index contributed by atoms with van der Waals surface area (Å²) >= 11 is 12.0. The normalized spacial score (nSPS) is 11.8. The van der Waals surface area contributed by atoms with E-state index in [1.54, 1.807) is 19.2 Å². The number of carbonyl (C=O) groups excluding carboxylic acids is 1. The maximum Gasteiger partial charge on any atom is 0.223 e. The highest BCUT2D eigenvalue weighted by molar-refractivity contribution is 6.42. The van der Waals surface area contributed by atoms with Crippen LogP contribution < -0.4 is 10.1 Å². The molecule has 2 aromatic rings. The van der Waals surface area contributed by atoms with Crippen molar-refractivity contribution in [3.63, 3.8) is 0 Å². The first kappa shape index (κ1) is 19.6. The molecular formula is C19H21Cl2NO3. The number of hydrogen-bond donors (Lipinski definition) is 2. The van der Waals surface area contributed by atoms with Crippen LogP contribution in [0.3, 0.4) is 0 Å². The highest BCUT2D eigenvalue weighted by atomic mass is 35.5. The van der Waals surface area contributed by atoms with Gasteiger partial charge in [0.2, 0.25) is 5.91 Å². The van der Waals surface area contributed by atoms with Gasteiger partial charge in [0.05, 0.1) is 17.2 Å². The molecule has 0 bridgehead atoms. The Hall–Kier alpha value is -1.75. The second-order valence-corrected chi connectivity index (χ2v) is 6.55. The van der Waals surface area contributed by atoms with Crippen molar-refractivity contribution in [2.75, 3.05) is 13.7 Å². The van der Waals surface area contributed by atoms with Gasteiger partial charge in [0.25, 0.3) is 0 Å². The average Bonchev–Trinajstić information content (AvgIpc) is 2.62. The number of rotatable bonds is 8. The molecule has 2 N–H and O–H groups in total. The van der Waals surface area contributed by atoms with Crippen LogP contribution in [0, 0.1) is 5.92 Å². The lowest BCUT2D eigenvalue weighted by molar-refractivity contribution is -0.125. The van der Waals surface area contributed by atoms with E-state index < -0.39 is 0 Å². The van der Waals surface area contributed by atoms with Gasteiger partial charge in [-0.3, -0.25) is 4.79 Å². The molecule has 0 heterocycles. The van der Waals surface area contributed by atoms with Gasteiger partial charge in [0.1, 0.15) is 5.75 Å². The lowest BCUT2D eigenvalue weighted by Gasteiger charge is -2.16. The van der Waals surface area contributed by atoms with E-state index in [4.69, 9.17) is 27.9 Å². The van der Waals surface area contributed by atoms with Crippen LogP contribution in [0.2, 0.25) is 10.0 Å². The quantitative estimate of drug-likeness (QED) is 0.729. The summed E-state index contributed by atoms with van der Waals surface area (Å²) in [5, 5.41) is 13.1. The smallest absolute Gasteiger partial charge is 0.223 e. The summed E-state index contributed by atoms with van der Waals surface area (Å²) < 4.78 is 5.18. The van der Waals surface area contributed by atoms with Gasteiger partial charge in [0, 0.05) is 19.1 Å². The molecule has 1 unspecified atom stereocenters. The Kier molecular flexibility index (Phi) is 7.56. The fourth-order valence-electron chi connectivity index (χ4n) is 2.55. The Morgan fingerprint density at radius 3 is 2.64 bits per heavy atom. The summed E-state index contributed by atoms with van der Waals surface area (Å²) in [5.41, 5.74) is 1.86. The second-order valence-electron chi connectivity index (χ2n) is 5.73. The molecule has 2 aromatic carbocycles. The number of benzene rings is 2. The van der Waals surface area contributed by atoms with E-state index >= 15 is 0 Å². The van der Waals surface area contributed by atoms with Crippen LogP contribution in [0.1, 0.15) is 17.5 Å². The lowest BCUT2D eigenvalue weighted by Crippen LogP contribution is -2.32. The first-order valence-corrected chi connectivity index (χ1v) is 8.74. The van der Waals surface area contributed by atoms with E-state index in [1.807, 2.05) is 30.3 Å². The number of methoxy groups -OCH3 is 1. The van der Waals surface area contributed by atoms with Gasteiger partial charge < -0.3 is 15.2 Å². The minimum absolute atomic E-state index is 0.0570. The van der Waals surface area contributed by atoms with Crippen LogP contribution in [0.4, 0.5) is 0 Å². The molecule has 1 atom stereocenters. The van der Waals surface area contributed by atoms with E-state index in [-0.39, 0.29) is 18.4 Å². The summed E-state index contributed by atoms with van der Waals surface area (Å²) in [6.45, 7) is 0.345. The number of aliphatic hydroxyl groups excluding tert-OH is 1. The van der Waals surface area contributed by atoms with Crippen LogP contribution in [0.25, 0.3) is 0 Å². The van der Waals surface area contributed by atoms with Gasteiger partial charge in [-0.05, 0) is 48.2 Å². The number of nitrogens with one attached hydrogen (secondary N) is 1. The van der Waals surface area contributed by atoms with Crippen molar-refractivity contribution in [1.29, 1.82) is 0 Å². The third kappa shape index (κ3) is 5.92. The van der Waals surface area contributed by atoms with Crippen molar-refractivity contribution >= 4 is 29.1 Å². The second kappa shape index (κ2) is 9.66. The highest BCUT2D eigenvalue weighted by Crippen LogP contribution is 2.24. The SMILES string of the molecule is COc1cccc(CNC(=O)C(CCO)Cc2ccc(Cl)c(Cl)c2)c1. The molecule has 1 amide bonds. The van der Waals surface area contributed by atoms with E-state index in [0.717, 1.165) is 16.9 Å². The molecule has 0 aliphatic carbocycles. The third-order valence-electron chi connectivity index (χ3n) is 3.92. The standard InChI is InChI=1S/C19H21Cl2NO3/c1-25-16-4-2-3-14(10-16)12-22-19(24)15(7-8-23)9-13-5-6-17(20)18(21)11-13/h2-6,10-11,15,23H,7-9,12H2,1H3,(H,22,24). The monoisotopic (exact) mass is 381 g/mol. The fraction of sp³-hybridized carbons (Fsp3) is 0.316. The van der Waals surface area contributed by atoms with Gasteiger partial charge in [0.15, 0.2) is 0 Å². The van der Waals surface area contributed by atoms with Crippen LogP contribution in [0.5, 0.6) is 5.75 Å². The van der Waals surface area contributed by atoms with Crippen molar-refractivity contribution in [1.82, 2.24) is 5.32 Å². The van der Waals surface area contributed by atoms with Gasteiger partial charge in [-0.25, -0.2) is 0 Å². The molecule has 134 valence electrons.